The van der Waals surface area contributed by atoms with Gasteiger partial charge in [-0.3, -0.25) is 9.59 Å². The van der Waals surface area contributed by atoms with E-state index in [1.54, 1.807) is 58.0 Å². The Kier molecular flexibility index (Phi) is 6.17. The fourth-order valence-electron chi connectivity index (χ4n) is 2.81. The monoisotopic (exact) mass is 392 g/mol. The van der Waals surface area contributed by atoms with Crippen LogP contribution in [0.4, 0.5) is 13.2 Å². The van der Waals surface area contributed by atoms with E-state index >= 15 is 0 Å². The first-order chi connectivity index (χ1) is 13.0. The molecule has 2 rings (SSSR count). The lowest BCUT2D eigenvalue weighted by atomic mass is 10.0. The van der Waals surface area contributed by atoms with Gasteiger partial charge in [0.25, 0.3) is 11.8 Å². The van der Waals surface area contributed by atoms with Gasteiger partial charge in [0.2, 0.25) is 0 Å². The third-order valence-corrected chi connectivity index (χ3v) is 4.08. The highest BCUT2D eigenvalue weighted by Gasteiger charge is 2.36. The van der Waals surface area contributed by atoms with Crippen LogP contribution in [0.15, 0.2) is 54.6 Å². The zero-order valence-electron chi connectivity index (χ0n) is 16.2. The molecule has 0 aromatic heterocycles. The fraction of sp³-hybridized carbons (Fsp3) is 0.333. The third-order valence-electron chi connectivity index (χ3n) is 4.08. The number of hydrogen-bond acceptors (Lipinski definition) is 2. The van der Waals surface area contributed by atoms with E-state index in [-0.39, 0.29) is 18.0 Å². The van der Waals surface area contributed by atoms with Crippen LogP contribution in [0, 0.1) is 0 Å². The predicted molar refractivity (Wildman–Crippen MR) is 101 cm³/mol. The Hall–Kier alpha value is -2.83. The molecule has 0 spiro atoms. The SMILES string of the molecule is CCN(C(=O)c1ccccc1)N(C(=O)c1ccc(C(F)(F)F)cc1)C(C)(C)C. The molecule has 0 fully saturated rings. The standard InChI is InChI=1S/C21H23F3N2O2/c1-5-25(18(27)15-9-7-6-8-10-15)26(20(2,3)4)19(28)16-11-13-17(14-12-16)21(22,23)24/h6-14H,5H2,1-4H3. The third kappa shape index (κ3) is 4.71. The van der Waals surface area contributed by atoms with Crippen molar-refractivity contribution in [1.82, 2.24) is 10.0 Å². The van der Waals surface area contributed by atoms with Crippen molar-refractivity contribution in [2.24, 2.45) is 0 Å². The maximum Gasteiger partial charge on any atom is 0.416 e. The molecule has 0 aliphatic carbocycles. The second kappa shape index (κ2) is 8.04. The van der Waals surface area contributed by atoms with Gasteiger partial charge in [0.15, 0.2) is 0 Å². The van der Waals surface area contributed by atoms with Gasteiger partial charge in [-0.2, -0.15) is 13.2 Å². The molecule has 2 aromatic carbocycles. The summed E-state index contributed by atoms with van der Waals surface area (Å²) in [6, 6.07) is 12.5. The summed E-state index contributed by atoms with van der Waals surface area (Å²) in [5, 5.41) is 2.61. The molecule has 0 saturated carbocycles. The van der Waals surface area contributed by atoms with Gasteiger partial charge in [-0.1, -0.05) is 18.2 Å². The van der Waals surface area contributed by atoms with Crippen molar-refractivity contribution in [2.45, 2.75) is 39.4 Å². The molecule has 0 radical (unpaired) electrons. The Bertz CT molecular complexity index is 825. The van der Waals surface area contributed by atoms with E-state index in [0.29, 0.717) is 5.56 Å². The lowest BCUT2D eigenvalue weighted by Crippen LogP contribution is -2.58. The second-order valence-electron chi connectivity index (χ2n) is 7.25. The van der Waals surface area contributed by atoms with E-state index in [2.05, 4.69) is 0 Å². The molecule has 4 nitrogen and oxygen atoms in total. The van der Waals surface area contributed by atoms with Crippen molar-refractivity contribution in [3.8, 4) is 0 Å². The topological polar surface area (TPSA) is 40.6 Å². The molecule has 0 N–H and O–H groups in total. The van der Waals surface area contributed by atoms with Gasteiger partial charge in [-0.25, -0.2) is 10.0 Å². The average molecular weight is 392 g/mol. The molecule has 0 aliphatic rings. The summed E-state index contributed by atoms with van der Waals surface area (Å²) in [6.07, 6.45) is -4.48. The van der Waals surface area contributed by atoms with Crippen LogP contribution in [0.25, 0.3) is 0 Å². The Morgan fingerprint density at radius 1 is 0.821 bits per heavy atom. The van der Waals surface area contributed by atoms with Crippen LogP contribution in [-0.4, -0.2) is 33.9 Å². The van der Waals surface area contributed by atoms with E-state index in [4.69, 9.17) is 0 Å². The van der Waals surface area contributed by atoms with E-state index in [0.717, 1.165) is 24.3 Å². The molecule has 7 heteroatoms. The van der Waals surface area contributed by atoms with Crippen LogP contribution in [0.3, 0.4) is 0 Å². The van der Waals surface area contributed by atoms with Crippen molar-refractivity contribution in [1.29, 1.82) is 0 Å². The van der Waals surface area contributed by atoms with E-state index in [9.17, 15) is 22.8 Å². The normalized spacial score (nSPS) is 11.8. The van der Waals surface area contributed by atoms with Crippen LogP contribution >= 0.6 is 0 Å². The van der Waals surface area contributed by atoms with Crippen molar-refractivity contribution in [3.63, 3.8) is 0 Å². The Labute approximate surface area is 162 Å². The summed E-state index contributed by atoms with van der Waals surface area (Å²) < 4.78 is 38.4. The van der Waals surface area contributed by atoms with Gasteiger partial charge in [0.05, 0.1) is 11.1 Å². The number of nitrogens with zero attached hydrogens (tertiary/aromatic N) is 2. The highest BCUT2D eigenvalue weighted by Crippen LogP contribution is 2.30. The Morgan fingerprint density at radius 2 is 1.32 bits per heavy atom. The number of hydrazine groups is 1. The van der Waals surface area contributed by atoms with Crippen molar-refractivity contribution in [2.75, 3.05) is 6.54 Å². The number of rotatable bonds is 3. The first-order valence-electron chi connectivity index (χ1n) is 8.85. The van der Waals surface area contributed by atoms with Gasteiger partial charge in [-0.15, -0.1) is 0 Å². The average Bonchev–Trinajstić information content (AvgIpc) is 2.64. The number of alkyl halides is 3. The van der Waals surface area contributed by atoms with E-state index < -0.39 is 23.2 Å². The molecule has 0 bridgehead atoms. The number of carbonyl (C=O) groups is 2. The van der Waals surface area contributed by atoms with E-state index in [1.807, 2.05) is 0 Å². The zero-order valence-corrected chi connectivity index (χ0v) is 16.2. The van der Waals surface area contributed by atoms with Crippen LogP contribution < -0.4 is 0 Å². The quantitative estimate of drug-likeness (QED) is 0.688. The molecular weight excluding hydrogens is 369 g/mol. The molecule has 0 unspecified atom stereocenters. The smallest absolute Gasteiger partial charge is 0.267 e. The van der Waals surface area contributed by atoms with Crippen LogP contribution in [0.1, 0.15) is 54.0 Å². The first-order valence-corrected chi connectivity index (χ1v) is 8.85. The first kappa shape index (κ1) is 21.5. The minimum Gasteiger partial charge on any atom is -0.267 e. The summed E-state index contributed by atoms with van der Waals surface area (Å²) in [5.41, 5.74) is -1.12. The summed E-state index contributed by atoms with van der Waals surface area (Å²) in [5.74, 6) is -0.911. The molecule has 0 aliphatic heterocycles. The van der Waals surface area contributed by atoms with Crippen molar-refractivity contribution < 1.29 is 22.8 Å². The molecule has 0 atom stereocenters. The summed E-state index contributed by atoms with van der Waals surface area (Å²) >= 11 is 0. The Morgan fingerprint density at radius 3 is 1.75 bits per heavy atom. The zero-order chi connectivity index (χ0) is 21.1. The molecule has 2 amide bonds. The van der Waals surface area contributed by atoms with E-state index in [1.165, 1.54) is 10.0 Å². The number of halogens is 3. The minimum absolute atomic E-state index is 0.0715. The number of benzene rings is 2. The molecule has 2 aromatic rings. The van der Waals surface area contributed by atoms with Crippen LogP contribution in [-0.2, 0) is 6.18 Å². The molecule has 28 heavy (non-hydrogen) atoms. The molecule has 0 saturated heterocycles. The fourth-order valence-corrected chi connectivity index (χ4v) is 2.81. The van der Waals surface area contributed by atoms with Gasteiger partial charge < -0.3 is 0 Å². The summed E-state index contributed by atoms with van der Waals surface area (Å²) in [7, 11) is 0. The molecule has 0 heterocycles. The predicted octanol–water partition coefficient (Wildman–Crippen LogP) is 5.02. The highest BCUT2D eigenvalue weighted by atomic mass is 19.4. The number of hydrogen-bond donors (Lipinski definition) is 0. The Balaban J connectivity index is 2.42. The lowest BCUT2D eigenvalue weighted by Gasteiger charge is -2.43. The van der Waals surface area contributed by atoms with Crippen molar-refractivity contribution >= 4 is 11.8 Å². The summed E-state index contributed by atoms with van der Waals surface area (Å²) in [6.45, 7) is 7.23. The number of amides is 2. The maximum atomic E-state index is 13.1. The van der Waals surface area contributed by atoms with Crippen LogP contribution in [0.2, 0.25) is 0 Å². The lowest BCUT2D eigenvalue weighted by molar-refractivity contribution is -0.137. The summed E-state index contributed by atoms with van der Waals surface area (Å²) in [4.78, 5) is 26.1. The second-order valence-corrected chi connectivity index (χ2v) is 7.25. The minimum atomic E-state index is -4.48. The van der Waals surface area contributed by atoms with Gasteiger partial charge >= 0.3 is 6.18 Å². The van der Waals surface area contributed by atoms with Crippen molar-refractivity contribution in [3.05, 3.63) is 71.3 Å². The van der Waals surface area contributed by atoms with Gasteiger partial charge in [0.1, 0.15) is 0 Å². The number of carbonyl (C=O) groups excluding carboxylic acids is 2. The maximum absolute atomic E-state index is 13.1. The van der Waals surface area contributed by atoms with Crippen LogP contribution in [0.5, 0.6) is 0 Å². The highest BCUT2D eigenvalue weighted by molar-refractivity contribution is 5.99. The molecular formula is C21H23F3N2O2. The molecule has 150 valence electrons. The van der Waals surface area contributed by atoms with Gasteiger partial charge in [0, 0.05) is 17.7 Å². The van der Waals surface area contributed by atoms with Gasteiger partial charge in [-0.05, 0) is 64.1 Å². The largest absolute Gasteiger partial charge is 0.416 e.